The molecule has 2 rings (SSSR count). The van der Waals surface area contributed by atoms with E-state index in [-0.39, 0.29) is 6.04 Å². The lowest BCUT2D eigenvalue weighted by Crippen LogP contribution is -2.21. The van der Waals surface area contributed by atoms with Gasteiger partial charge in [-0.1, -0.05) is 6.07 Å². The fourth-order valence-corrected chi connectivity index (χ4v) is 1.72. The first-order chi connectivity index (χ1) is 8.28. The minimum absolute atomic E-state index is 0.276. The third-order valence-electron chi connectivity index (χ3n) is 2.45. The summed E-state index contributed by atoms with van der Waals surface area (Å²) in [7, 11) is 0. The Morgan fingerprint density at radius 2 is 2.41 bits per heavy atom. The lowest BCUT2D eigenvalue weighted by Gasteiger charge is -2.15. The molecule has 1 atom stereocenters. The second-order valence-corrected chi connectivity index (χ2v) is 4.00. The van der Waals surface area contributed by atoms with Crippen LogP contribution in [0.25, 0.3) is 0 Å². The number of nitriles is 1. The van der Waals surface area contributed by atoms with Gasteiger partial charge >= 0.3 is 0 Å². The smallest absolute Gasteiger partial charge is 0.0992 e. The van der Waals surface area contributed by atoms with Gasteiger partial charge in [0.05, 0.1) is 18.0 Å². The van der Waals surface area contributed by atoms with Crippen LogP contribution in [0.4, 0.5) is 5.69 Å². The molecule has 1 aromatic carbocycles. The van der Waals surface area contributed by atoms with Gasteiger partial charge in [0.1, 0.15) is 0 Å². The van der Waals surface area contributed by atoms with E-state index in [4.69, 9.17) is 5.26 Å². The van der Waals surface area contributed by atoms with Crippen molar-refractivity contribution in [3.05, 3.63) is 48.5 Å². The molecule has 0 aliphatic carbocycles. The summed E-state index contributed by atoms with van der Waals surface area (Å²) >= 11 is 0. The van der Waals surface area contributed by atoms with Gasteiger partial charge in [0.15, 0.2) is 0 Å². The highest BCUT2D eigenvalue weighted by molar-refractivity contribution is 5.49. The van der Waals surface area contributed by atoms with Crippen LogP contribution in [0.5, 0.6) is 0 Å². The predicted octanol–water partition coefficient (Wildman–Crippen LogP) is 2.26. The molecule has 86 valence electrons. The van der Waals surface area contributed by atoms with Crippen LogP contribution in [0, 0.1) is 11.3 Å². The number of aromatic nitrogens is 2. The Kier molecular flexibility index (Phi) is 3.41. The number of nitrogens with zero attached hydrogens (tertiary/aromatic N) is 3. The molecule has 2 aromatic rings. The monoisotopic (exact) mass is 226 g/mol. The van der Waals surface area contributed by atoms with Gasteiger partial charge in [-0.2, -0.15) is 5.26 Å². The van der Waals surface area contributed by atoms with E-state index in [2.05, 4.69) is 23.3 Å². The van der Waals surface area contributed by atoms with E-state index < -0.39 is 0 Å². The molecule has 0 saturated heterocycles. The molecule has 1 N–H and O–H groups in total. The van der Waals surface area contributed by atoms with Crippen LogP contribution in [-0.2, 0) is 6.54 Å². The fourth-order valence-electron chi connectivity index (χ4n) is 1.72. The van der Waals surface area contributed by atoms with Gasteiger partial charge in [-0.05, 0) is 25.1 Å². The van der Waals surface area contributed by atoms with E-state index in [1.807, 2.05) is 29.0 Å². The normalized spacial score (nSPS) is 11.8. The average Bonchev–Trinajstić information content (AvgIpc) is 2.82. The zero-order valence-corrected chi connectivity index (χ0v) is 9.67. The number of hydrogen-bond donors (Lipinski definition) is 1. The molecule has 1 unspecified atom stereocenters. The standard InChI is InChI=1S/C13H14N4/c1-11(9-17-6-5-15-10-17)16-13-4-2-3-12(7-13)8-14/h2-7,10-11,16H,9H2,1H3. The van der Waals surface area contributed by atoms with Crippen molar-refractivity contribution in [1.29, 1.82) is 5.26 Å². The van der Waals surface area contributed by atoms with Crippen molar-refractivity contribution in [2.75, 3.05) is 5.32 Å². The van der Waals surface area contributed by atoms with Crippen LogP contribution in [0.2, 0.25) is 0 Å². The number of rotatable bonds is 4. The fraction of sp³-hybridized carbons (Fsp3) is 0.231. The van der Waals surface area contributed by atoms with Crippen molar-refractivity contribution >= 4 is 5.69 Å². The Morgan fingerprint density at radius 1 is 1.53 bits per heavy atom. The number of hydrogen-bond acceptors (Lipinski definition) is 3. The van der Waals surface area contributed by atoms with Crippen LogP contribution in [0.1, 0.15) is 12.5 Å². The molecule has 4 nitrogen and oxygen atoms in total. The summed E-state index contributed by atoms with van der Waals surface area (Å²) in [5, 5.41) is 12.2. The summed E-state index contributed by atoms with van der Waals surface area (Å²) in [5.41, 5.74) is 1.64. The van der Waals surface area contributed by atoms with E-state index in [0.717, 1.165) is 12.2 Å². The minimum atomic E-state index is 0.276. The second-order valence-electron chi connectivity index (χ2n) is 4.00. The van der Waals surface area contributed by atoms with Gasteiger partial charge in [-0.25, -0.2) is 4.98 Å². The quantitative estimate of drug-likeness (QED) is 0.870. The Bertz CT molecular complexity index is 510. The zero-order chi connectivity index (χ0) is 12.1. The molecule has 0 aliphatic heterocycles. The maximum absolute atomic E-state index is 8.81. The summed E-state index contributed by atoms with van der Waals surface area (Å²) < 4.78 is 2.02. The van der Waals surface area contributed by atoms with Crippen molar-refractivity contribution in [2.45, 2.75) is 19.5 Å². The SMILES string of the molecule is CC(Cn1ccnc1)Nc1cccc(C#N)c1. The largest absolute Gasteiger partial charge is 0.381 e. The van der Waals surface area contributed by atoms with Crippen LogP contribution in [0.3, 0.4) is 0 Å². The predicted molar refractivity (Wildman–Crippen MR) is 66.5 cm³/mol. The summed E-state index contributed by atoms with van der Waals surface area (Å²) in [4.78, 5) is 4.00. The van der Waals surface area contributed by atoms with E-state index in [1.165, 1.54) is 0 Å². The number of benzene rings is 1. The Hall–Kier alpha value is -2.28. The number of nitrogens with one attached hydrogen (secondary N) is 1. The maximum atomic E-state index is 8.81. The summed E-state index contributed by atoms with van der Waals surface area (Å²) in [6.45, 7) is 2.94. The molecule has 0 saturated carbocycles. The van der Waals surface area contributed by atoms with Crippen LogP contribution < -0.4 is 5.32 Å². The third kappa shape index (κ3) is 3.08. The van der Waals surface area contributed by atoms with Crippen molar-refractivity contribution in [3.63, 3.8) is 0 Å². The molecule has 0 spiro atoms. The lowest BCUT2D eigenvalue weighted by atomic mass is 10.2. The van der Waals surface area contributed by atoms with E-state index in [9.17, 15) is 0 Å². The van der Waals surface area contributed by atoms with Gasteiger partial charge in [0, 0.05) is 30.7 Å². The van der Waals surface area contributed by atoms with Crippen molar-refractivity contribution in [2.24, 2.45) is 0 Å². The van der Waals surface area contributed by atoms with Gasteiger partial charge in [-0.3, -0.25) is 0 Å². The first-order valence-electron chi connectivity index (χ1n) is 5.50. The highest BCUT2D eigenvalue weighted by atomic mass is 15.1. The average molecular weight is 226 g/mol. The molecule has 1 heterocycles. The van der Waals surface area contributed by atoms with E-state index >= 15 is 0 Å². The molecule has 4 heteroatoms. The Labute approximate surface area is 101 Å². The van der Waals surface area contributed by atoms with Gasteiger partial charge < -0.3 is 9.88 Å². The van der Waals surface area contributed by atoms with Crippen molar-refractivity contribution in [1.82, 2.24) is 9.55 Å². The third-order valence-corrected chi connectivity index (χ3v) is 2.45. The van der Waals surface area contributed by atoms with Crippen LogP contribution in [-0.4, -0.2) is 15.6 Å². The highest BCUT2D eigenvalue weighted by Gasteiger charge is 2.03. The first-order valence-corrected chi connectivity index (χ1v) is 5.50. The van der Waals surface area contributed by atoms with Crippen LogP contribution in [0.15, 0.2) is 43.0 Å². The second kappa shape index (κ2) is 5.17. The topological polar surface area (TPSA) is 53.6 Å². The van der Waals surface area contributed by atoms with Gasteiger partial charge in [0.2, 0.25) is 0 Å². The van der Waals surface area contributed by atoms with Crippen LogP contribution >= 0.6 is 0 Å². The Balaban J connectivity index is 1.98. The molecule has 0 amide bonds. The van der Waals surface area contributed by atoms with Gasteiger partial charge in [0.25, 0.3) is 0 Å². The van der Waals surface area contributed by atoms with E-state index in [1.54, 1.807) is 18.6 Å². The molecule has 17 heavy (non-hydrogen) atoms. The molecule has 0 radical (unpaired) electrons. The molecule has 0 bridgehead atoms. The number of imidazole rings is 1. The summed E-state index contributed by atoms with van der Waals surface area (Å²) in [5.74, 6) is 0. The van der Waals surface area contributed by atoms with Crippen molar-refractivity contribution in [3.8, 4) is 6.07 Å². The lowest BCUT2D eigenvalue weighted by molar-refractivity contribution is 0.619. The van der Waals surface area contributed by atoms with Gasteiger partial charge in [-0.15, -0.1) is 0 Å². The summed E-state index contributed by atoms with van der Waals surface area (Å²) in [6, 6.07) is 9.90. The molecule has 1 aromatic heterocycles. The minimum Gasteiger partial charge on any atom is -0.381 e. The maximum Gasteiger partial charge on any atom is 0.0992 e. The first kappa shape index (κ1) is 11.2. The zero-order valence-electron chi connectivity index (χ0n) is 9.67. The molecule has 0 aliphatic rings. The van der Waals surface area contributed by atoms with E-state index in [0.29, 0.717) is 5.56 Å². The molecular weight excluding hydrogens is 212 g/mol. The Morgan fingerprint density at radius 3 is 3.12 bits per heavy atom. The highest BCUT2D eigenvalue weighted by Crippen LogP contribution is 2.11. The van der Waals surface area contributed by atoms with Crippen molar-refractivity contribution < 1.29 is 0 Å². The number of anilines is 1. The molecule has 0 fully saturated rings. The summed E-state index contributed by atoms with van der Waals surface area (Å²) in [6.07, 6.45) is 5.50. The molecular formula is C13H14N4.